The lowest BCUT2D eigenvalue weighted by atomic mass is 10.1. The molecular formula is C23H20N2O3S. The number of nitrogens with zero attached hydrogens (tertiary/aromatic N) is 1. The Bertz CT molecular complexity index is 995. The predicted octanol–water partition coefficient (Wildman–Crippen LogP) is 5.07. The van der Waals surface area contributed by atoms with Gasteiger partial charge in [-0.15, -0.1) is 11.8 Å². The van der Waals surface area contributed by atoms with E-state index in [2.05, 4.69) is 5.32 Å². The molecule has 4 rings (SSSR count). The van der Waals surface area contributed by atoms with E-state index < -0.39 is 6.09 Å². The topological polar surface area (TPSA) is 58.6 Å². The Morgan fingerprint density at radius 3 is 2.48 bits per heavy atom. The van der Waals surface area contributed by atoms with Gasteiger partial charge >= 0.3 is 6.09 Å². The van der Waals surface area contributed by atoms with Crippen LogP contribution < -0.4 is 10.1 Å². The van der Waals surface area contributed by atoms with E-state index in [0.717, 1.165) is 11.1 Å². The van der Waals surface area contributed by atoms with E-state index in [4.69, 9.17) is 4.74 Å². The molecular weight excluding hydrogens is 384 g/mol. The van der Waals surface area contributed by atoms with E-state index in [1.807, 2.05) is 71.6 Å². The first-order valence-corrected chi connectivity index (χ1v) is 10.3. The van der Waals surface area contributed by atoms with Crippen molar-refractivity contribution < 1.29 is 14.3 Å². The van der Waals surface area contributed by atoms with E-state index in [-0.39, 0.29) is 11.3 Å². The lowest BCUT2D eigenvalue weighted by molar-refractivity contribution is -0.128. The van der Waals surface area contributed by atoms with Crippen LogP contribution in [-0.2, 0) is 11.3 Å². The summed E-state index contributed by atoms with van der Waals surface area (Å²) in [5.41, 5.74) is 2.68. The van der Waals surface area contributed by atoms with Gasteiger partial charge in [0.2, 0.25) is 5.91 Å². The van der Waals surface area contributed by atoms with Crippen LogP contribution in [0.25, 0.3) is 0 Å². The van der Waals surface area contributed by atoms with Crippen LogP contribution in [0.4, 0.5) is 10.5 Å². The van der Waals surface area contributed by atoms with Gasteiger partial charge in [0.15, 0.2) is 0 Å². The van der Waals surface area contributed by atoms with Crippen molar-refractivity contribution in [1.82, 2.24) is 4.90 Å². The second-order valence-electron chi connectivity index (χ2n) is 6.62. The molecule has 2 amide bonds. The maximum absolute atomic E-state index is 12.4. The number of hydrogen-bond donors (Lipinski definition) is 1. The number of rotatable bonds is 5. The van der Waals surface area contributed by atoms with Gasteiger partial charge in [-0.1, -0.05) is 60.7 Å². The molecule has 5 nitrogen and oxygen atoms in total. The fourth-order valence-electron chi connectivity index (χ4n) is 3.18. The molecule has 3 aromatic carbocycles. The SMILES string of the molecule is O=C(Nc1ccccc1)Oc1cccc(C2SCC(=O)N2Cc2ccccc2)c1. The van der Waals surface area contributed by atoms with Crippen LogP contribution in [0.5, 0.6) is 5.75 Å². The minimum absolute atomic E-state index is 0.108. The highest BCUT2D eigenvalue weighted by Gasteiger charge is 2.33. The minimum atomic E-state index is -0.551. The lowest BCUT2D eigenvalue weighted by Crippen LogP contribution is -2.27. The standard InChI is InChI=1S/C23H20N2O3S/c26-21-16-29-22(25(21)15-17-8-3-1-4-9-17)18-10-7-13-20(14-18)28-23(27)24-19-11-5-2-6-12-19/h1-14,22H,15-16H2,(H,24,27). The van der Waals surface area contributed by atoms with Crippen molar-refractivity contribution in [3.8, 4) is 5.75 Å². The van der Waals surface area contributed by atoms with Gasteiger partial charge in [0.1, 0.15) is 11.1 Å². The van der Waals surface area contributed by atoms with Crippen LogP contribution >= 0.6 is 11.8 Å². The summed E-state index contributed by atoms with van der Waals surface area (Å²) in [6, 6.07) is 26.4. The van der Waals surface area contributed by atoms with Gasteiger partial charge in [-0.2, -0.15) is 0 Å². The highest BCUT2D eigenvalue weighted by Crippen LogP contribution is 2.40. The summed E-state index contributed by atoms with van der Waals surface area (Å²) in [6.07, 6.45) is -0.551. The van der Waals surface area contributed by atoms with Crippen LogP contribution in [0, 0.1) is 0 Å². The molecule has 0 radical (unpaired) electrons. The second kappa shape index (κ2) is 8.84. The number of carbonyl (C=O) groups excluding carboxylic acids is 2. The molecule has 1 aliphatic rings. The first-order valence-electron chi connectivity index (χ1n) is 9.28. The summed E-state index contributed by atoms with van der Waals surface area (Å²) in [5, 5.41) is 2.59. The average molecular weight is 404 g/mol. The molecule has 1 fully saturated rings. The number of thioether (sulfide) groups is 1. The number of para-hydroxylation sites is 1. The monoisotopic (exact) mass is 404 g/mol. The fraction of sp³-hybridized carbons (Fsp3) is 0.130. The van der Waals surface area contributed by atoms with Gasteiger partial charge in [-0.05, 0) is 35.4 Å². The van der Waals surface area contributed by atoms with E-state index in [9.17, 15) is 9.59 Å². The number of ether oxygens (including phenoxy) is 1. The first-order chi connectivity index (χ1) is 14.2. The van der Waals surface area contributed by atoms with Crippen molar-refractivity contribution in [1.29, 1.82) is 0 Å². The Morgan fingerprint density at radius 1 is 1.00 bits per heavy atom. The van der Waals surface area contributed by atoms with Crippen molar-refractivity contribution in [2.24, 2.45) is 0 Å². The van der Waals surface area contributed by atoms with Crippen molar-refractivity contribution in [2.45, 2.75) is 11.9 Å². The van der Waals surface area contributed by atoms with Crippen LogP contribution in [0.1, 0.15) is 16.5 Å². The molecule has 0 aliphatic carbocycles. The second-order valence-corrected chi connectivity index (χ2v) is 7.69. The molecule has 29 heavy (non-hydrogen) atoms. The van der Waals surface area contributed by atoms with Gasteiger partial charge in [0.05, 0.1) is 5.75 Å². The normalized spacial score (nSPS) is 15.9. The Hall–Kier alpha value is -3.25. The van der Waals surface area contributed by atoms with Crippen LogP contribution in [0.2, 0.25) is 0 Å². The maximum Gasteiger partial charge on any atom is 0.417 e. The molecule has 0 aromatic heterocycles. The Morgan fingerprint density at radius 2 is 1.72 bits per heavy atom. The molecule has 6 heteroatoms. The summed E-state index contributed by atoms with van der Waals surface area (Å²) >= 11 is 1.58. The van der Waals surface area contributed by atoms with Crippen LogP contribution in [-0.4, -0.2) is 22.7 Å². The van der Waals surface area contributed by atoms with Crippen LogP contribution in [0.15, 0.2) is 84.9 Å². The summed E-state index contributed by atoms with van der Waals surface area (Å²) in [5.74, 6) is 0.990. The Labute approximate surface area is 173 Å². The number of benzene rings is 3. The third kappa shape index (κ3) is 4.78. The number of hydrogen-bond acceptors (Lipinski definition) is 4. The number of amides is 2. The molecule has 1 saturated heterocycles. The van der Waals surface area contributed by atoms with Gasteiger partial charge in [0, 0.05) is 12.2 Å². The predicted molar refractivity (Wildman–Crippen MR) is 115 cm³/mol. The zero-order chi connectivity index (χ0) is 20.1. The van der Waals surface area contributed by atoms with E-state index in [0.29, 0.717) is 23.7 Å². The Kier molecular flexibility index (Phi) is 5.81. The average Bonchev–Trinajstić information content (AvgIpc) is 3.10. The van der Waals surface area contributed by atoms with Crippen molar-refractivity contribution in [3.63, 3.8) is 0 Å². The van der Waals surface area contributed by atoms with Crippen molar-refractivity contribution >= 4 is 29.4 Å². The van der Waals surface area contributed by atoms with Gasteiger partial charge in [-0.3, -0.25) is 10.1 Å². The number of nitrogens with one attached hydrogen (secondary N) is 1. The van der Waals surface area contributed by atoms with E-state index >= 15 is 0 Å². The molecule has 1 heterocycles. The van der Waals surface area contributed by atoms with Crippen molar-refractivity contribution in [2.75, 3.05) is 11.1 Å². The van der Waals surface area contributed by atoms with Gasteiger partial charge in [-0.25, -0.2) is 4.79 Å². The fourth-order valence-corrected chi connectivity index (χ4v) is 4.36. The zero-order valence-electron chi connectivity index (χ0n) is 15.7. The molecule has 3 aromatic rings. The third-order valence-electron chi connectivity index (χ3n) is 4.54. The highest BCUT2D eigenvalue weighted by molar-refractivity contribution is 8.00. The lowest BCUT2D eigenvalue weighted by Gasteiger charge is -2.24. The first kappa shape index (κ1) is 19.1. The summed E-state index contributed by atoms with van der Waals surface area (Å²) in [4.78, 5) is 26.5. The smallest absolute Gasteiger partial charge is 0.410 e. The molecule has 1 N–H and O–H groups in total. The van der Waals surface area contributed by atoms with E-state index in [1.165, 1.54) is 0 Å². The highest BCUT2D eigenvalue weighted by atomic mass is 32.2. The summed E-state index contributed by atoms with van der Waals surface area (Å²) < 4.78 is 5.44. The zero-order valence-corrected chi connectivity index (χ0v) is 16.5. The van der Waals surface area contributed by atoms with Crippen LogP contribution in [0.3, 0.4) is 0 Å². The molecule has 1 atom stereocenters. The maximum atomic E-state index is 12.4. The molecule has 0 bridgehead atoms. The Balaban J connectivity index is 1.47. The summed E-state index contributed by atoms with van der Waals surface area (Å²) in [6.45, 7) is 0.552. The molecule has 0 saturated carbocycles. The largest absolute Gasteiger partial charge is 0.417 e. The molecule has 146 valence electrons. The quantitative estimate of drug-likeness (QED) is 0.645. The van der Waals surface area contributed by atoms with Crippen molar-refractivity contribution in [3.05, 3.63) is 96.1 Å². The molecule has 1 unspecified atom stereocenters. The minimum Gasteiger partial charge on any atom is -0.410 e. The summed E-state index contributed by atoms with van der Waals surface area (Å²) in [7, 11) is 0. The third-order valence-corrected chi connectivity index (χ3v) is 5.79. The number of anilines is 1. The number of carbonyl (C=O) groups is 2. The molecule has 0 spiro atoms. The van der Waals surface area contributed by atoms with E-state index in [1.54, 1.807) is 30.0 Å². The van der Waals surface area contributed by atoms with Gasteiger partial charge in [0.25, 0.3) is 0 Å². The van der Waals surface area contributed by atoms with Gasteiger partial charge < -0.3 is 9.64 Å². The molecule has 1 aliphatic heterocycles.